The second kappa shape index (κ2) is 9.28. The average Bonchev–Trinajstić information content (AvgIpc) is 2.70. The van der Waals surface area contributed by atoms with Crippen molar-refractivity contribution in [2.45, 2.75) is 25.0 Å². The molecule has 0 aliphatic carbocycles. The van der Waals surface area contributed by atoms with Crippen molar-refractivity contribution < 1.29 is 14.0 Å². The normalized spacial score (nSPS) is 19.8. The molecule has 3 rings (SSSR count). The third kappa shape index (κ3) is 5.16. The lowest BCUT2D eigenvalue weighted by Crippen LogP contribution is -2.54. The molecule has 28 heavy (non-hydrogen) atoms. The van der Waals surface area contributed by atoms with E-state index in [2.05, 4.69) is 25.3 Å². The van der Waals surface area contributed by atoms with Gasteiger partial charge in [-0.1, -0.05) is 11.6 Å². The Bertz CT molecular complexity index is 859. The van der Waals surface area contributed by atoms with Crippen LogP contribution in [0, 0.1) is 5.82 Å². The van der Waals surface area contributed by atoms with E-state index in [0.29, 0.717) is 11.4 Å². The largest absolute Gasteiger partial charge is 0.349 e. The average molecular weight is 425 g/mol. The lowest BCUT2D eigenvalue weighted by Gasteiger charge is -2.34. The SMILES string of the molecule is CN1SNC(C(=O)NCc2cnccn2)CC1C(=O)Nc1ccc(F)c(Cl)c1. The van der Waals surface area contributed by atoms with Gasteiger partial charge in [0.1, 0.15) is 11.9 Å². The van der Waals surface area contributed by atoms with Crippen molar-refractivity contribution in [3.63, 3.8) is 0 Å². The fourth-order valence-corrected chi connectivity index (χ4v) is 3.57. The molecule has 1 fully saturated rings. The molecular formula is C17H18ClFN6O2S. The van der Waals surface area contributed by atoms with Crippen LogP contribution < -0.4 is 15.4 Å². The topological polar surface area (TPSA) is 99.2 Å². The first kappa shape index (κ1) is 20.5. The molecule has 1 aromatic heterocycles. The minimum atomic E-state index is -0.567. The Morgan fingerprint density at radius 1 is 1.39 bits per heavy atom. The molecular weight excluding hydrogens is 407 g/mol. The van der Waals surface area contributed by atoms with Crippen molar-refractivity contribution in [1.82, 2.24) is 24.3 Å². The molecule has 148 valence electrons. The molecule has 0 spiro atoms. The Balaban J connectivity index is 1.59. The van der Waals surface area contributed by atoms with Crippen molar-refractivity contribution in [3.8, 4) is 0 Å². The van der Waals surface area contributed by atoms with Gasteiger partial charge in [-0.2, -0.15) is 0 Å². The molecule has 1 saturated heterocycles. The monoisotopic (exact) mass is 424 g/mol. The number of hydrogen-bond acceptors (Lipinski definition) is 7. The van der Waals surface area contributed by atoms with Crippen LogP contribution in [0.3, 0.4) is 0 Å². The van der Waals surface area contributed by atoms with E-state index in [1.54, 1.807) is 29.9 Å². The predicted octanol–water partition coefficient (Wildman–Crippen LogP) is 1.75. The highest BCUT2D eigenvalue weighted by Gasteiger charge is 2.35. The molecule has 1 aliphatic heterocycles. The van der Waals surface area contributed by atoms with Crippen LogP contribution in [-0.4, -0.2) is 45.2 Å². The number of carbonyl (C=O) groups excluding carboxylic acids is 2. The summed E-state index contributed by atoms with van der Waals surface area (Å²) in [6.45, 7) is 0.246. The van der Waals surface area contributed by atoms with E-state index in [4.69, 9.17) is 11.6 Å². The number of nitrogens with zero attached hydrogens (tertiary/aromatic N) is 3. The molecule has 1 aliphatic rings. The highest BCUT2D eigenvalue weighted by atomic mass is 35.5. The Morgan fingerprint density at radius 2 is 2.21 bits per heavy atom. The third-order valence-electron chi connectivity index (χ3n) is 4.10. The van der Waals surface area contributed by atoms with Gasteiger partial charge in [0.25, 0.3) is 0 Å². The van der Waals surface area contributed by atoms with Gasteiger partial charge in [0.15, 0.2) is 0 Å². The highest BCUT2D eigenvalue weighted by molar-refractivity contribution is 7.95. The van der Waals surface area contributed by atoms with Gasteiger partial charge >= 0.3 is 0 Å². The molecule has 1 aromatic carbocycles. The summed E-state index contributed by atoms with van der Waals surface area (Å²) >= 11 is 6.92. The van der Waals surface area contributed by atoms with Crippen LogP contribution in [0.5, 0.6) is 0 Å². The smallest absolute Gasteiger partial charge is 0.242 e. The van der Waals surface area contributed by atoms with E-state index in [9.17, 15) is 14.0 Å². The first-order valence-electron chi connectivity index (χ1n) is 8.38. The van der Waals surface area contributed by atoms with Crippen LogP contribution in [0.25, 0.3) is 0 Å². The fraction of sp³-hybridized carbons (Fsp3) is 0.294. The van der Waals surface area contributed by atoms with Crippen molar-refractivity contribution in [3.05, 3.63) is 53.3 Å². The Hall–Kier alpha value is -2.27. The molecule has 0 saturated carbocycles. The maximum absolute atomic E-state index is 13.3. The maximum atomic E-state index is 13.3. The van der Waals surface area contributed by atoms with Crippen molar-refractivity contribution in [1.29, 1.82) is 0 Å². The van der Waals surface area contributed by atoms with Crippen LogP contribution >= 0.6 is 23.7 Å². The number of amides is 2. The van der Waals surface area contributed by atoms with Gasteiger partial charge in [-0.3, -0.25) is 19.6 Å². The fourth-order valence-electron chi connectivity index (χ4n) is 2.58. The molecule has 11 heteroatoms. The minimum absolute atomic E-state index is 0.0768. The Morgan fingerprint density at radius 3 is 2.93 bits per heavy atom. The standard InChI is InChI=1S/C17H18ClFN6O2S/c1-25-15(17(27)23-10-2-3-13(19)12(18)6-10)7-14(24-28-25)16(26)22-9-11-8-20-4-5-21-11/h2-6,8,14-15,24H,7,9H2,1H3,(H,22,26)(H,23,27). The molecule has 2 heterocycles. The molecule has 2 aromatic rings. The maximum Gasteiger partial charge on any atom is 0.242 e. The summed E-state index contributed by atoms with van der Waals surface area (Å²) < 4.78 is 18.0. The van der Waals surface area contributed by atoms with E-state index in [1.165, 1.54) is 30.3 Å². The molecule has 3 N–H and O–H groups in total. The number of hydrogen-bond donors (Lipinski definition) is 3. The van der Waals surface area contributed by atoms with Crippen LogP contribution in [0.15, 0.2) is 36.8 Å². The summed E-state index contributed by atoms with van der Waals surface area (Å²) in [5.74, 6) is -1.12. The third-order valence-corrected chi connectivity index (χ3v) is 5.33. The van der Waals surface area contributed by atoms with Crippen LogP contribution in [0.2, 0.25) is 5.02 Å². The van der Waals surface area contributed by atoms with Gasteiger partial charge in [0, 0.05) is 30.2 Å². The van der Waals surface area contributed by atoms with E-state index < -0.39 is 17.9 Å². The summed E-state index contributed by atoms with van der Waals surface area (Å²) in [5.41, 5.74) is 1.02. The lowest BCUT2D eigenvalue weighted by molar-refractivity contribution is -0.124. The number of nitrogens with one attached hydrogen (secondary N) is 3. The summed E-state index contributed by atoms with van der Waals surface area (Å²) in [4.78, 5) is 33.1. The molecule has 2 amide bonds. The summed E-state index contributed by atoms with van der Waals surface area (Å²) in [6.07, 6.45) is 4.93. The quantitative estimate of drug-likeness (QED) is 0.629. The zero-order chi connectivity index (χ0) is 20.1. The van der Waals surface area contributed by atoms with E-state index in [1.807, 2.05) is 0 Å². The van der Waals surface area contributed by atoms with Crippen LogP contribution in [0.4, 0.5) is 10.1 Å². The van der Waals surface area contributed by atoms with E-state index in [0.717, 1.165) is 0 Å². The zero-order valence-electron chi connectivity index (χ0n) is 14.9. The van der Waals surface area contributed by atoms with Gasteiger partial charge in [-0.05, 0) is 31.7 Å². The first-order chi connectivity index (χ1) is 13.4. The first-order valence-corrected chi connectivity index (χ1v) is 9.53. The Kier molecular flexibility index (Phi) is 6.79. The van der Waals surface area contributed by atoms with Crippen molar-refractivity contribution >= 4 is 41.2 Å². The van der Waals surface area contributed by atoms with Crippen LogP contribution in [0.1, 0.15) is 12.1 Å². The summed E-state index contributed by atoms with van der Waals surface area (Å²) in [6, 6.07) is 2.82. The highest BCUT2D eigenvalue weighted by Crippen LogP contribution is 2.24. The number of carbonyl (C=O) groups is 2. The molecule has 2 unspecified atom stereocenters. The molecule has 0 radical (unpaired) electrons. The van der Waals surface area contributed by atoms with Gasteiger partial charge in [-0.15, -0.1) is 0 Å². The number of rotatable bonds is 5. The number of aromatic nitrogens is 2. The lowest BCUT2D eigenvalue weighted by atomic mass is 10.1. The number of halogens is 2. The van der Waals surface area contributed by atoms with E-state index >= 15 is 0 Å². The number of benzene rings is 1. The van der Waals surface area contributed by atoms with Gasteiger partial charge in [0.05, 0.1) is 29.5 Å². The summed E-state index contributed by atoms with van der Waals surface area (Å²) in [7, 11) is 1.74. The second-order valence-electron chi connectivity index (χ2n) is 6.09. The van der Waals surface area contributed by atoms with Gasteiger partial charge in [-0.25, -0.2) is 13.4 Å². The van der Waals surface area contributed by atoms with Crippen molar-refractivity contribution in [2.24, 2.45) is 0 Å². The Labute approximate surface area is 170 Å². The summed E-state index contributed by atoms with van der Waals surface area (Å²) in [5, 5.41) is 5.41. The zero-order valence-corrected chi connectivity index (χ0v) is 16.4. The minimum Gasteiger partial charge on any atom is -0.349 e. The van der Waals surface area contributed by atoms with Gasteiger partial charge < -0.3 is 10.6 Å². The van der Waals surface area contributed by atoms with Gasteiger partial charge in [0.2, 0.25) is 11.8 Å². The molecule has 2 atom stereocenters. The number of anilines is 1. The van der Waals surface area contributed by atoms with Crippen LogP contribution in [-0.2, 0) is 16.1 Å². The molecule has 8 nitrogen and oxygen atoms in total. The molecule has 0 bridgehead atoms. The predicted molar refractivity (Wildman–Crippen MR) is 105 cm³/mol. The van der Waals surface area contributed by atoms with Crippen molar-refractivity contribution in [2.75, 3.05) is 12.4 Å². The van der Waals surface area contributed by atoms with E-state index in [-0.39, 0.29) is 29.8 Å². The second-order valence-corrected chi connectivity index (χ2v) is 7.49. The number of likely N-dealkylation sites (N-methyl/N-ethyl adjacent to an activating group) is 1.